The number of fused-ring (bicyclic) bond motifs is 1. The van der Waals surface area contributed by atoms with Crippen LogP contribution in [0.2, 0.25) is 0 Å². The third-order valence-corrected chi connectivity index (χ3v) is 4.73. The third kappa shape index (κ3) is 5.04. The molecule has 3 aromatic rings. The van der Waals surface area contributed by atoms with Crippen molar-refractivity contribution in [3.63, 3.8) is 0 Å². The molecule has 0 radical (unpaired) electrons. The number of hydrogen-bond donors (Lipinski definition) is 1. The molecular weight excluding hydrogens is 383 g/mol. The lowest BCUT2D eigenvalue weighted by Gasteiger charge is -2.06. The smallest absolute Gasteiger partial charge is 0.338 e. The van der Waals surface area contributed by atoms with E-state index in [2.05, 4.69) is 10.3 Å². The monoisotopic (exact) mass is 402 g/mol. The minimum absolute atomic E-state index is 0.00757. The summed E-state index contributed by atoms with van der Waals surface area (Å²) in [5.41, 5.74) is 1.09. The first-order valence-electron chi connectivity index (χ1n) is 8.81. The second-order valence-electron chi connectivity index (χ2n) is 5.96. The minimum Gasteiger partial charge on any atom is -0.481 e. The molecule has 1 aromatic heterocycles. The summed E-state index contributed by atoms with van der Waals surface area (Å²) in [6.45, 7) is 2.07. The first kappa shape index (κ1) is 19.8. The lowest BCUT2D eigenvalue weighted by atomic mass is 10.2. The number of halogens is 1. The number of amides is 1. The number of ether oxygens (including phenoxy) is 2. The van der Waals surface area contributed by atoms with Gasteiger partial charge in [0.1, 0.15) is 0 Å². The lowest BCUT2D eigenvalue weighted by molar-refractivity contribution is -0.118. The van der Waals surface area contributed by atoms with E-state index in [0.29, 0.717) is 22.8 Å². The highest BCUT2D eigenvalue weighted by molar-refractivity contribution is 7.22. The van der Waals surface area contributed by atoms with Crippen LogP contribution < -0.4 is 10.1 Å². The summed E-state index contributed by atoms with van der Waals surface area (Å²) in [6, 6.07) is 10.9. The maximum absolute atomic E-state index is 13.5. The van der Waals surface area contributed by atoms with Crippen LogP contribution in [-0.2, 0) is 9.53 Å². The van der Waals surface area contributed by atoms with Crippen LogP contribution in [0.5, 0.6) is 5.75 Å². The average Bonchev–Trinajstić information content (AvgIpc) is 3.08. The Morgan fingerprint density at radius 1 is 1.21 bits per heavy atom. The number of unbranched alkanes of at least 4 members (excludes halogenated alkanes) is 1. The standard InChI is InChI=1S/C20H19FN2O4S/c1-2-3-10-26-19(25)13-8-9-15-17(11-13)28-20(22-15)23-18(24)12-27-16-7-5-4-6-14(16)21/h4-9,11H,2-3,10,12H2,1H3,(H,22,23,24). The first-order chi connectivity index (χ1) is 13.6. The van der Waals surface area contributed by atoms with Gasteiger partial charge in [-0.25, -0.2) is 14.2 Å². The molecule has 0 spiro atoms. The summed E-state index contributed by atoms with van der Waals surface area (Å²) in [5.74, 6) is -1.36. The Labute approximate surface area is 165 Å². The molecule has 0 saturated heterocycles. The minimum atomic E-state index is -0.534. The number of esters is 1. The number of carbonyl (C=O) groups excluding carboxylic acids is 2. The molecule has 0 bridgehead atoms. The van der Waals surface area contributed by atoms with Gasteiger partial charge in [-0.1, -0.05) is 36.8 Å². The van der Waals surface area contributed by atoms with Gasteiger partial charge in [0.05, 0.1) is 22.4 Å². The number of nitrogens with one attached hydrogen (secondary N) is 1. The fourth-order valence-electron chi connectivity index (χ4n) is 2.36. The van der Waals surface area contributed by atoms with E-state index >= 15 is 0 Å². The molecule has 0 aliphatic heterocycles. The Morgan fingerprint density at radius 3 is 2.82 bits per heavy atom. The van der Waals surface area contributed by atoms with Crippen LogP contribution >= 0.6 is 11.3 Å². The largest absolute Gasteiger partial charge is 0.481 e. The van der Waals surface area contributed by atoms with E-state index in [9.17, 15) is 14.0 Å². The summed E-state index contributed by atoms with van der Waals surface area (Å²) < 4.78 is 24.6. The molecule has 0 unspecified atom stereocenters. The van der Waals surface area contributed by atoms with E-state index in [1.807, 2.05) is 6.92 Å². The Kier molecular flexibility index (Phi) is 6.54. The highest BCUT2D eigenvalue weighted by Gasteiger charge is 2.13. The van der Waals surface area contributed by atoms with E-state index in [4.69, 9.17) is 9.47 Å². The predicted octanol–water partition coefficient (Wildman–Crippen LogP) is 4.41. The molecular formula is C20H19FN2O4S. The van der Waals surface area contributed by atoms with Gasteiger partial charge >= 0.3 is 5.97 Å². The van der Waals surface area contributed by atoms with Crippen LogP contribution in [0, 0.1) is 5.82 Å². The number of nitrogens with zero attached hydrogens (tertiary/aromatic N) is 1. The van der Waals surface area contributed by atoms with E-state index in [-0.39, 0.29) is 18.3 Å². The fraction of sp³-hybridized carbons (Fsp3) is 0.250. The fourth-order valence-corrected chi connectivity index (χ4v) is 3.28. The van der Waals surface area contributed by atoms with E-state index in [1.165, 1.54) is 29.5 Å². The summed E-state index contributed by atoms with van der Waals surface area (Å²) in [6.07, 6.45) is 1.77. The first-order valence-corrected chi connectivity index (χ1v) is 9.63. The number of hydrogen-bond acceptors (Lipinski definition) is 6. The Hall–Kier alpha value is -3.00. The van der Waals surface area contributed by atoms with Crippen LogP contribution in [0.1, 0.15) is 30.1 Å². The molecule has 28 heavy (non-hydrogen) atoms. The van der Waals surface area contributed by atoms with Crippen LogP contribution in [0.15, 0.2) is 42.5 Å². The number of para-hydroxylation sites is 1. The van der Waals surface area contributed by atoms with Gasteiger partial charge in [0.2, 0.25) is 0 Å². The molecule has 1 amide bonds. The Morgan fingerprint density at radius 2 is 2.04 bits per heavy atom. The molecule has 0 aliphatic rings. The van der Waals surface area contributed by atoms with Gasteiger partial charge in [-0.3, -0.25) is 10.1 Å². The zero-order valence-corrected chi connectivity index (χ0v) is 16.1. The van der Waals surface area contributed by atoms with Crippen molar-refractivity contribution in [3.05, 3.63) is 53.8 Å². The molecule has 6 nitrogen and oxygen atoms in total. The molecule has 0 fully saturated rings. The van der Waals surface area contributed by atoms with Gasteiger partial charge in [0.15, 0.2) is 23.3 Å². The molecule has 2 aromatic carbocycles. The van der Waals surface area contributed by atoms with Crippen LogP contribution in [0.3, 0.4) is 0 Å². The Bertz CT molecular complexity index is 989. The summed E-state index contributed by atoms with van der Waals surface area (Å²) >= 11 is 1.23. The summed E-state index contributed by atoms with van der Waals surface area (Å²) in [5, 5.41) is 2.99. The van der Waals surface area contributed by atoms with Crippen molar-refractivity contribution in [2.45, 2.75) is 19.8 Å². The van der Waals surface area contributed by atoms with Gasteiger partial charge in [0.25, 0.3) is 5.91 Å². The normalized spacial score (nSPS) is 10.6. The highest BCUT2D eigenvalue weighted by atomic mass is 32.1. The maximum atomic E-state index is 13.5. The van der Waals surface area contributed by atoms with Crippen molar-refractivity contribution in [2.75, 3.05) is 18.5 Å². The van der Waals surface area contributed by atoms with Crippen molar-refractivity contribution in [1.82, 2.24) is 4.98 Å². The zero-order chi connectivity index (χ0) is 19.9. The molecule has 0 atom stereocenters. The molecule has 0 saturated carbocycles. The van der Waals surface area contributed by atoms with Crippen molar-refractivity contribution in [3.8, 4) is 5.75 Å². The summed E-state index contributed by atoms with van der Waals surface area (Å²) in [4.78, 5) is 28.4. The van der Waals surface area contributed by atoms with Gasteiger partial charge in [-0.05, 0) is 36.8 Å². The molecule has 8 heteroatoms. The van der Waals surface area contributed by atoms with Gasteiger partial charge in [-0.15, -0.1) is 0 Å². The number of aromatic nitrogens is 1. The van der Waals surface area contributed by atoms with Crippen LogP contribution in [0.25, 0.3) is 10.2 Å². The number of thiazole rings is 1. The number of benzene rings is 2. The predicted molar refractivity (Wildman–Crippen MR) is 105 cm³/mol. The number of anilines is 1. The van der Waals surface area contributed by atoms with Crippen molar-refractivity contribution in [1.29, 1.82) is 0 Å². The highest BCUT2D eigenvalue weighted by Crippen LogP contribution is 2.27. The molecule has 1 N–H and O–H groups in total. The second-order valence-corrected chi connectivity index (χ2v) is 6.99. The topological polar surface area (TPSA) is 77.5 Å². The van der Waals surface area contributed by atoms with E-state index in [1.54, 1.807) is 24.3 Å². The van der Waals surface area contributed by atoms with Crippen molar-refractivity contribution in [2.24, 2.45) is 0 Å². The molecule has 1 heterocycles. The zero-order valence-electron chi connectivity index (χ0n) is 15.2. The van der Waals surface area contributed by atoms with Crippen molar-refractivity contribution >= 4 is 38.6 Å². The average molecular weight is 402 g/mol. The van der Waals surface area contributed by atoms with Gasteiger partial charge in [-0.2, -0.15) is 0 Å². The van der Waals surface area contributed by atoms with E-state index < -0.39 is 11.7 Å². The van der Waals surface area contributed by atoms with Gasteiger partial charge in [0, 0.05) is 0 Å². The maximum Gasteiger partial charge on any atom is 0.338 e. The van der Waals surface area contributed by atoms with Crippen LogP contribution in [-0.4, -0.2) is 30.1 Å². The molecule has 146 valence electrons. The number of carbonyl (C=O) groups is 2. The Balaban J connectivity index is 1.61. The second kappa shape index (κ2) is 9.27. The quantitative estimate of drug-likeness (QED) is 0.446. The SMILES string of the molecule is CCCCOC(=O)c1ccc2nc(NC(=O)COc3ccccc3F)sc2c1. The lowest BCUT2D eigenvalue weighted by Crippen LogP contribution is -2.20. The molecule has 3 rings (SSSR count). The molecule has 0 aliphatic carbocycles. The van der Waals surface area contributed by atoms with Crippen LogP contribution in [0.4, 0.5) is 9.52 Å². The number of rotatable bonds is 8. The van der Waals surface area contributed by atoms with Crippen molar-refractivity contribution < 1.29 is 23.5 Å². The third-order valence-electron chi connectivity index (χ3n) is 3.80. The van der Waals surface area contributed by atoms with E-state index in [0.717, 1.165) is 17.5 Å². The van der Waals surface area contributed by atoms with Gasteiger partial charge < -0.3 is 9.47 Å². The summed E-state index contributed by atoms with van der Waals surface area (Å²) in [7, 11) is 0.